The highest BCUT2D eigenvalue weighted by molar-refractivity contribution is 7.85. The summed E-state index contributed by atoms with van der Waals surface area (Å²) in [7, 11) is -4.68. The van der Waals surface area contributed by atoms with Crippen LogP contribution < -0.4 is 5.32 Å². The molecule has 0 aliphatic carbocycles. The highest BCUT2D eigenvalue weighted by atomic mass is 32.2. The maximum atomic E-state index is 13.2. The summed E-state index contributed by atoms with van der Waals surface area (Å²) < 4.78 is 55.7. The van der Waals surface area contributed by atoms with Gasteiger partial charge in [-0.2, -0.15) is 8.42 Å². The van der Waals surface area contributed by atoms with E-state index in [1.807, 2.05) is 30.3 Å². The van der Waals surface area contributed by atoms with Gasteiger partial charge in [0.15, 0.2) is 0 Å². The quantitative estimate of drug-likeness (QED) is 0.751. The fourth-order valence-corrected chi connectivity index (χ4v) is 2.32. The fraction of sp³-hybridized carbons (Fsp3) is 0.500. The van der Waals surface area contributed by atoms with Crippen LogP contribution in [0.3, 0.4) is 0 Å². The smallest absolute Gasteiger partial charge is 0.276 e. The second-order valence-electron chi connectivity index (χ2n) is 4.55. The molecule has 0 aromatic heterocycles. The predicted octanol–water partition coefficient (Wildman–Crippen LogP) is 1.73. The molecule has 2 N–H and O–H groups in total. The van der Waals surface area contributed by atoms with Gasteiger partial charge < -0.3 is 5.32 Å². The van der Waals surface area contributed by atoms with Crippen LogP contribution in [-0.2, 0) is 16.5 Å². The summed E-state index contributed by atoms with van der Waals surface area (Å²) in [5.41, 5.74) is 1.00. The summed E-state index contributed by atoms with van der Waals surface area (Å²) in [6.07, 6.45) is 0.558. The number of alkyl halides is 2. The third kappa shape index (κ3) is 7.19. The summed E-state index contributed by atoms with van der Waals surface area (Å²) in [6.45, 7) is 0.942. The van der Waals surface area contributed by atoms with Crippen molar-refractivity contribution in [3.05, 3.63) is 35.9 Å². The van der Waals surface area contributed by atoms with Crippen molar-refractivity contribution in [2.24, 2.45) is 0 Å². The molecule has 0 bridgehead atoms. The summed E-state index contributed by atoms with van der Waals surface area (Å²) in [5, 5.41) is 2.57. The van der Waals surface area contributed by atoms with E-state index in [9.17, 15) is 17.2 Å². The number of hydrogen-bond donors (Lipinski definition) is 2. The lowest BCUT2D eigenvalue weighted by molar-refractivity contribution is 0.0226. The first kappa shape index (κ1) is 16.0. The van der Waals surface area contributed by atoms with Crippen LogP contribution in [0.25, 0.3) is 0 Å². The summed E-state index contributed by atoms with van der Waals surface area (Å²) in [6, 6.07) is 9.11. The third-order valence-electron chi connectivity index (χ3n) is 2.49. The van der Waals surface area contributed by atoms with E-state index < -0.39 is 28.3 Å². The number of rotatable bonds is 7. The largest absolute Gasteiger partial charge is 0.308 e. The van der Waals surface area contributed by atoms with E-state index in [2.05, 4.69) is 5.32 Å². The van der Waals surface area contributed by atoms with Gasteiger partial charge >= 0.3 is 0 Å². The molecule has 0 heterocycles. The first-order chi connectivity index (χ1) is 8.68. The second kappa shape index (κ2) is 6.40. The van der Waals surface area contributed by atoms with Crippen molar-refractivity contribution in [2.75, 3.05) is 12.3 Å². The highest BCUT2D eigenvalue weighted by Gasteiger charge is 2.34. The summed E-state index contributed by atoms with van der Waals surface area (Å²) in [5.74, 6) is -5.05. The Morgan fingerprint density at radius 2 is 1.89 bits per heavy atom. The average Bonchev–Trinajstić information content (AvgIpc) is 2.25. The molecule has 0 spiro atoms. The van der Waals surface area contributed by atoms with Crippen LogP contribution in [0.4, 0.5) is 8.78 Å². The lowest BCUT2D eigenvalue weighted by Gasteiger charge is -2.19. The van der Waals surface area contributed by atoms with Gasteiger partial charge in [0.2, 0.25) is 0 Å². The van der Waals surface area contributed by atoms with E-state index in [1.54, 1.807) is 6.92 Å². The van der Waals surface area contributed by atoms with E-state index in [0.717, 1.165) is 5.56 Å². The Bertz CT molecular complexity index is 491. The van der Waals surface area contributed by atoms with Crippen LogP contribution in [0.5, 0.6) is 0 Å². The molecular formula is C12H17F2NO3S. The number of hydrogen-bond acceptors (Lipinski definition) is 3. The minimum atomic E-state index is -4.68. The maximum Gasteiger partial charge on any atom is 0.276 e. The van der Waals surface area contributed by atoms with Gasteiger partial charge in [0.1, 0.15) is 5.75 Å². The van der Waals surface area contributed by atoms with Gasteiger partial charge in [0.05, 0.1) is 6.54 Å². The predicted molar refractivity (Wildman–Crippen MR) is 69.0 cm³/mol. The van der Waals surface area contributed by atoms with Crippen LogP contribution in [0, 0.1) is 0 Å². The van der Waals surface area contributed by atoms with E-state index in [1.165, 1.54) is 0 Å². The molecule has 0 aliphatic heterocycles. The van der Waals surface area contributed by atoms with Crippen LogP contribution in [0.2, 0.25) is 0 Å². The Morgan fingerprint density at radius 1 is 1.32 bits per heavy atom. The zero-order valence-electron chi connectivity index (χ0n) is 10.5. The molecule has 0 radical (unpaired) electrons. The molecule has 1 unspecified atom stereocenters. The Morgan fingerprint density at radius 3 is 2.42 bits per heavy atom. The van der Waals surface area contributed by atoms with Crippen molar-refractivity contribution in [1.82, 2.24) is 5.32 Å². The number of nitrogens with one attached hydrogen (secondary N) is 1. The Kier molecular flexibility index (Phi) is 5.39. The van der Waals surface area contributed by atoms with Crippen molar-refractivity contribution in [3.8, 4) is 0 Å². The van der Waals surface area contributed by atoms with Gasteiger partial charge in [-0.1, -0.05) is 30.3 Å². The van der Waals surface area contributed by atoms with E-state index in [4.69, 9.17) is 4.55 Å². The van der Waals surface area contributed by atoms with Crippen LogP contribution in [0.15, 0.2) is 30.3 Å². The Labute approximate surface area is 111 Å². The van der Waals surface area contributed by atoms with Gasteiger partial charge in [-0.15, -0.1) is 0 Å². The topological polar surface area (TPSA) is 66.4 Å². The second-order valence-corrected chi connectivity index (χ2v) is 6.01. The van der Waals surface area contributed by atoms with Crippen molar-refractivity contribution in [1.29, 1.82) is 0 Å². The lowest BCUT2D eigenvalue weighted by atomic mass is 10.1. The highest BCUT2D eigenvalue weighted by Crippen LogP contribution is 2.15. The van der Waals surface area contributed by atoms with Gasteiger partial charge in [-0.25, -0.2) is 8.78 Å². The van der Waals surface area contributed by atoms with Gasteiger partial charge in [-0.05, 0) is 18.9 Å². The molecule has 7 heteroatoms. The molecule has 0 saturated heterocycles. The molecule has 0 saturated carbocycles. The third-order valence-corrected chi connectivity index (χ3v) is 3.27. The van der Waals surface area contributed by atoms with E-state index >= 15 is 0 Å². The molecule has 1 rings (SSSR count). The van der Waals surface area contributed by atoms with Crippen molar-refractivity contribution in [3.63, 3.8) is 0 Å². The van der Waals surface area contributed by atoms with Crippen molar-refractivity contribution >= 4 is 10.1 Å². The molecule has 0 fully saturated rings. The fourth-order valence-electron chi connectivity index (χ4n) is 1.68. The minimum Gasteiger partial charge on any atom is -0.308 e. The van der Waals surface area contributed by atoms with Gasteiger partial charge in [0.25, 0.3) is 16.0 Å². The minimum absolute atomic E-state index is 0.227. The van der Waals surface area contributed by atoms with Gasteiger partial charge in [-0.3, -0.25) is 4.55 Å². The molecular weight excluding hydrogens is 276 g/mol. The summed E-state index contributed by atoms with van der Waals surface area (Å²) >= 11 is 0. The van der Waals surface area contributed by atoms with Gasteiger partial charge in [0, 0.05) is 6.04 Å². The standard InChI is InChI=1S/C12H17F2NO3S/c1-10(7-11-5-3-2-4-6-11)15-8-12(13,14)9-19(16,17)18/h2-6,10,15H,7-9H2,1H3,(H,16,17,18). The SMILES string of the molecule is CC(Cc1ccccc1)NCC(F)(F)CS(=O)(=O)O. The first-order valence-corrected chi connectivity index (χ1v) is 7.39. The van der Waals surface area contributed by atoms with Crippen molar-refractivity contribution in [2.45, 2.75) is 25.3 Å². The zero-order chi connectivity index (χ0) is 14.5. The lowest BCUT2D eigenvalue weighted by Crippen LogP contribution is -2.42. The average molecular weight is 293 g/mol. The first-order valence-electron chi connectivity index (χ1n) is 5.78. The Hall–Kier alpha value is -1.05. The molecule has 1 aromatic carbocycles. The normalized spacial score (nSPS) is 14.3. The summed E-state index contributed by atoms with van der Waals surface area (Å²) in [4.78, 5) is 0. The molecule has 1 atom stereocenters. The molecule has 108 valence electrons. The number of benzene rings is 1. The van der Waals surface area contributed by atoms with Crippen molar-refractivity contribution < 1.29 is 21.8 Å². The van der Waals surface area contributed by atoms with E-state index in [-0.39, 0.29) is 6.04 Å². The molecule has 1 aromatic rings. The van der Waals surface area contributed by atoms with Crippen LogP contribution >= 0.6 is 0 Å². The van der Waals surface area contributed by atoms with Crippen LogP contribution in [0.1, 0.15) is 12.5 Å². The Balaban J connectivity index is 2.43. The zero-order valence-corrected chi connectivity index (χ0v) is 11.3. The maximum absolute atomic E-state index is 13.2. The van der Waals surface area contributed by atoms with E-state index in [0.29, 0.717) is 6.42 Å². The van der Waals surface area contributed by atoms with Crippen LogP contribution in [-0.4, -0.2) is 37.2 Å². The molecule has 0 aliphatic rings. The molecule has 0 amide bonds. The monoisotopic (exact) mass is 293 g/mol. The molecule has 19 heavy (non-hydrogen) atoms. The molecule has 4 nitrogen and oxygen atoms in total. The number of halogens is 2.